The van der Waals surface area contributed by atoms with Gasteiger partial charge in [-0.05, 0) is 43.4 Å². The highest BCUT2D eigenvalue weighted by Gasteiger charge is 2.07. The highest BCUT2D eigenvalue weighted by atomic mass is 32.1. The highest BCUT2D eigenvalue weighted by molar-refractivity contribution is 7.80. The maximum atomic E-state index is 5.45. The maximum absolute atomic E-state index is 5.45. The summed E-state index contributed by atoms with van der Waals surface area (Å²) in [6, 6.07) is 25.6. The Labute approximate surface area is 164 Å². The van der Waals surface area contributed by atoms with Gasteiger partial charge in [-0.25, -0.2) is 4.99 Å². The molecule has 0 saturated heterocycles. The van der Waals surface area contributed by atoms with E-state index in [9.17, 15) is 0 Å². The molecular formula is C22H21N3OS. The van der Waals surface area contributed by atoms with Crippen LogP contribution in [0.15, 0.2) is 83.9 Å². The molecule has 0 spiro atoms. The number of aryl methyl sites for hydroxylation is 1. The van der Waals surface area contributed by atoms with E-state index in [0.717, 1.165) is 22.7 Å². The summed E-state index contributed by atoms with van der Waals surface area (Å²) >= 11 is 5.45. The number of benzene rings is 3. The molecule has 27 heavy (non-hydrogen) atoms. The molecule has 3 rings (SSSR count). The number of nitrogens with one attached hydrogen (secondary N) is 2. The number of anilines is 2. The molecule has 0 fully saturated rings. The van der Waals surface area contributed by atoms with Gasteiger partial charge in [0.2, 0.25) is 0 Å². The number of nitrogens with zero attached hydrogens (tertiary/aromatic N) is 1. The SMILES string of the molecule is COc1cccc(NC(=S)/N=C(/Nc2ccccc2)c2ccc(C)cc2)c1. The summed E-state index contributed by atoms with van der Waals surface area (Å²) in [5.74, 6) is 1.44. The van der Waals surface area contributed by atoms with Gasteiger partial charge in [-0.2, -0.15) is 0 Å². The molecule has 0 aliphatic rings. The summed E-state index contributed by atoms with van der Waals surface area (Å²) in [5, 5.41) is 6.85. The number of hydrogen-bond donors (Lipinski definition) is 2. The normalized spacial score (nSPS) is 11.0. The molecule has 0 aromatic heterocycles. The minimum Gasteiger partial charge on any atom is -0.497 e. The van der Waals surface area contributed by atoms with Gasteiger partial charge in [-0.1, -0.05) is 54.1 Å². The number of aliphatic imine (C=N–C) groups is 1. The van der Waals surface area contributed by atoms with Gasteiger partial charge >= 0.3 is 0 Å². The Morgan fingerprint density at radius 1 is 0.852 bits per heavy atom. The van der Waals surface area contributed by atoms with Crippen molar-refractivity contribution in [2.24, 2.45) is 4.99 Å². The van der Waals surface area contributed by atoms with Crippen LogP contribution in [0, 0.1) is 6.92 Å². The van der Waals surface area contributed by atoms with Crippen molar-refractivity contribution in [3.63, 3.8) is 0 Å². The molecule has 0 unspecified atom stereocenters. The van der Waals surface area contributed by atoms with Gasteiger partial charge in [0.15, 0.2) is 5.11 Å². The van der Waals surface area contributed by atoms with E-state index in [2.05, 4.69) is 34.7 Å². The minimum absolute atomic E-state index is 0.363. The second-order valence-corrected chi connectivity index (χ2v) is 6.37. The van der Waals surface area contributed by atoms with E-state index >= 15 is 0 Å². The van der Waals surface area contributed by atoms with Crippen molar-refractivity contribution >= 4 is 34.5 Å². The van der Waals surface area contributed by atoms with E-state index in [-0.39, 0.29) is 0 Å². The lowest BCUT2D eigenvalue weighted by Crippen LogP contribution is -2.18. The number of thiocarbonyl (C=S) groups is 1. The molecule has 0 saturated carbocycles. The van der Waals surface area contributed by atoms with Crippen molar-refractivity contribution in [2.45, 2.75) is 6.92 Å². The average molecular weight is 375 g/mol. The lowest BCUT2D eigenvalue weighted by molar-refractivity contribution is 0.415. The summed E-state index contributed by atoms with van der Waals surface area (Å²) in [4.78, 5) is 4.61. The van der Waals surface area contributed by atoms with E-state index in [1.165, 1.54) is 5.56 Å². The molecule has 0 aliphatic heterocycles. The average Bonchev–Trinajstić information content (AvgIpc) is 2.69. The van der Waals surface area contributed by atoms with Gasteiger partial charge in [-0.15, -0.1) is 0 Å². The third-order valence-corrected chi connectivity index (χ3v) is 4.09. The number of amidine groups is 1. The van der Waals surface area contributed by atoms with Crippen LogP contribution in [0.5, 0.6) is 5.75 Å². The number of hydrogen-bond acceptors (Lipinski definition) is 2. The lowest BCUT2D eigenvalue weighted by atomic mass is 10.1. The summed E-state index contributed by atoms with van der Waals surface area (Å²) in [6.07, 6.45) is 0. The summed E-state index contributed by atoms with van der Waals surface area (Å²) in [7, 11) is 1.63. The summed E-state index contributed by atoms with van der Waals surface area (Å²) in [5.41, 5.74) is 3.92. The first-order chi connectivity index (χ1) is 13.1. The first-order valence-electron chi connectivity index (χ1n) is 8.57. The molecule has 3 aromatic rings. The predicted molar refractivity (Wildman–Crippen MR) is 117 cm³/mol. The number of ether oxygens (including phenoxy) is 1. The molecule has 136 valence electrons. The molecule has 0 radical (unpaired) electrons. The molecule has 2 N–H and O–H groups in total. The quantitative estimate of drug-likeness (QED) is 0.371. The molecule has 5 heteroatoms. The zero-order valence-electron chi connectivity index (χ0n) is 15.3. The Balaban J connectivity index is 1.86. The number of para-hydroxylation sites is 1. The third-order valence-electron chi connectivity index (χ3n) is 3.90. The zero-order chi connectivity index (χ0) is 19.1. The van der Waals surface area contributed by atoms with Crippen LogP contribution in [-0.2, 0) is 0 Å². The monoisotopic (exact) mass is 375 g/mol. The second kappa shape index (κ2) is 8.96. The van der Waals surface area contributed by atoms with Crippen molar-refractivity contribution in [1.29, 1.82) is 0 Å². The fraction of sp³-hybridized carbons (Fsp3) is 0.0909. The van der Waals surface area contributed by atoms with E-state index in [4.69, 9.17) is 17.0 Å². The Morgan fingerprint density at radius 2 is 1.56 bits per heavy atom. The van der Waals surface area contributed by atoms with Crippen LogP contribution in [0.3, 0.4) is 0 Å². The fourth-order valence-electron chi connectivity index (χ4n) is 2.49. The van der Waals surface area contributed by atoms with Crippen molar-refractivity contribution in [3.05, 3.63) is 90.0 Å². The molecule has 0 heterocycles. The van der Waals surface area contributed by atoms with Crippen molar-refractivity contribution in [1.82, 2.24) is 0 Å². The van der Waals surface area contributed by atoms with Gasteiger partial charge in [0.05, 0.1) is 7.11 Å². The van der Waals surface area contributed by atoms with Crippen LogP contribution >= 0.6 is 12.2 Å². The lowest BCUT2D eigenvalue weighted by Gasteiger charge is -2.12. The predicted octanol–water partition coefficient (Wildman–Crippen LogP) is 5.26. The van der Waals surface area contributed by atoms with E-state index in [0.29, 0.717) is 10.9 Å². The Bertz CT molecular complexity index is 937. The Kier molecular flexibility index (Phi) is 6.18. The molecule has 0 aliphatic carbocycles. The van der Waals surface area contributed by atoms with Crippen molar-refractivity contribution in [3.8, 4) is 5.75 Å². The molecule has 4 nitrogen and oxygen atoms in total. The van der Waals surface area contributed by atoms with Gasteiger partial charge < -0.3 is 15.4 Å². The molecule has 0 atom stereocenters. The van der Waals surface area contributed by atoms with Gasteiger partial charge in [0.1, 0.15) is 11.6 Å². The summed E-state index contributed by atoms with van der Waals surface area (Å²) in [6.45, 7) is 2.06. The van der Waals surface area contributed by atoms with Gasteiger partial charge in [0.25, 0.3) is 0 Å². The fourth-order valence-corrected chi connectivity index (χ4v) is 2.70. The smallest absolute Gasteiger partial charge is 0.199 e. The minimum atomic E-state index is 0.363. The molecular weight excluding hydrogens is 354 g/mol. The first kappa shape index (κ1) is 18.6. The van der Waals surface area contributed by atoms with Crippen molar-refractivity contribution in [2.75, 3.05) is 17.7 Å². The van der Waals surface area contributed by atoms with Gasteiger partial charge in [0, 0.05) is 23.0 Å². The Morgan fingerprint density at radius 3 is 2.26 bits per heavy atom. The van der Waals surface area contributed by atoms with Crippen LogP contribution in [0.2, 0.25) is 0 Å². The van der Waals surface area contributed by atoms with Crippen LogP contribution < -0.4 is 15.4 Å². The van der Waals surface area contributed by atoms with Crippen LogP contribution in [0.1, 0.15) is 11.1 Å². The number of methoxy groups -OCH3 is 1. The standard InChI is InChI=1S/C22H21N3OS/c1-16-11-13-17(14-12-16)21(23-18-7-4-3-5-8-18)25-22(27)24-19-9-6-10-20(15-19)26-2/h3-15H,1-2H3,(H2,23,24,25,27). The van der Waals surface area contributed by atoms with E-state index in [1.807, 2.05) is 66.7 Å². The largest absolute Gasteiger partial charge is 0.497 e. The highest BCUT2D eigenvalue weighted by Crippen LogP contribution is 2.17. The second-order valence-electron chi connectivity index (χ2n) is 5.98. The molecule has 3 aromatic carbocycles. The van der Waals surface area contributed by atoms with E-state index in [1.54, 1.807) is 7.11 Å². The summed E-state index contributed by atoms with van der Waals surface area (Å²) < 4.78 is 5.25. The molecule has 0 amide bonds. The first-order valence-corrected chi connectivity index (χ1v) is 8.98. The van der Waals surface area contributed by atoms with Gasteiger partial charge in [-0.3, -0.25) is 0 Å². The third kappa shape index (κ3) is 5.39. The maximum Gasteiger partial charge on any atom is 0.199 e. The number of rotatable bonds is 4. The van der Waals surface area contributed by atoms with Crippen LogP contribution in [0.25, 0.3) is 0 Å². The van der Waals surface area contributed by atoms with Crippen LogP contribution in [0.4, 0.5) is 11.4 Å². The van der Waals surface area contributed by atoms with Crippen molar-refractivity contribution < 1.29 is 4.74 Å². The zero-order valence-corrected chi connectivity index (χ0v) is 16.1. The topological polar surface area (TPSA) is 45.6 Å². The van der Waals surface area contributed by atoms with E-state index < -0.39 is 0 Å². The Hall–Kier alpha value is -3.18. The van der Waals surface area contributed by atoms with Crippen LogP contribution in [-0.4, -0.2) is 18.1 Å². The molecule has 0 bridgehead atoms.